The summed E-state index contributed by atoms with van der Waals surface area (Å²) in [5, 5.41) is 61.7. The van der Waals surface area contributed by atoms with Crippen LogP contribution < -0.4 is 21.3 Å². The number of aliphatic hydroxyl groups is 6. The summed E-state index contributed by atoms with van der Waals surface area (Å²) in [4.78, 5) is 38.3. The Morgan fingerprint density at radius 3 is 2.16 bits per heavy atom. The number of thioether (sulfide) groups is 1. The molecule has 5 rings (SSSR count). The van der Waals surface area contributed by atoms with Gasteiger partial charge >= 0.3 is 5.69 Å². The van der Waals surface area contributed by atoms with Crippen LogP contribution in [0.5, 0.6) is 5.75 Å². The second-order valence-corrected chi connectivity index (χ2v) is 11.1. The Kier molecular flexibility index (Phi) is 11.3. The van der Waals surface area contributed by atoms with E-state index in [0.29, 0.717) is 28.7 Å². The quantitative estimate of drug-likeness (QED) is 0.0648. The van der Waals surface area contributed by atoms with E-state index in [1.54, 1.807) is 4.57 Å². The van der Waals surface area contributed by atoms with Crippen molar-refractivity contribution in [3.63, 3.8) is 0 Å². The van der Waals surface area contributed by atoms with Crippen molar-refractivity contribution >= 4 is 28.7 Å². The summed E-state index contributed by atoms with van der Waals surface area (Å²) in [5.74, 6) is 0.448. The molecule has 0 bridgehead atoms. The van der Waals surface area contributed by atoms with Crippen LogP contribution in [0.15, 0.2) is 39.4 Å². The summed E-state index contributed by atoms with van der Waals surface area (Å²) in [6, 6.07) is 0. The number of rotatable bonds is 10. The monoisotopic (exact) mass is 655 g/mol. The Labute approximate surface area is 260 Å². The predicted molar refractivity (Wildman–Crippen MR) is 159 cm³/mol. The zero-order valence-electron chi connectivity index (χ0n) is 24.7. The molecule has 18 nitrogen and oxygen atoms in total. The number of aromatic amines is 1. The fourth-order valence-electron chi connectivity index (χ4n) is 4.71. The Balaban J connectivity index is 0.000000215. The second-order valence-electron chi connectivity index (χ2n) is 10.3. The Morgan fingerprint density at radius 1 is 1.04 bits per heavy atom. The van der Waals surface area contributed by atoms with Crippen LogP contribution in [0.4, 0.5) is 5.82 Å². The van der Waals surface area contributed by atoms with Gasteiger partial charge in [0, 0.05) is 6.54 Å². The molecule has 8 N–H and O–H groups in total. The lowest BCUT2D eigenvalue weighted by Crippen LogP contribution is -2.38. The number of fused-ring (bicyclic) bond motifs is 1. The Morgan fingerprint density at radius 2 is 1.64 bits per heavy atom. The van der Waals surface area contributed by atoms with E-state index in [4.69, 9.17) is 19.3 Å². The molecular formula is C26H37N7O11S. The summed E-state index contributed by atoms with van der Waals surface area (Å²) < 4.78 is 18.0. The first-order chi connectivity index (χ1) is 21.4. The molecule has 0 aliphatic carbocycles. The third-order valence-corrected chi connectivity index (χ3v) is 7.71. The number of hydrogen-bond donors (Lipinski definition) is 8. The second kappa shape index (κ2) is 14.8. The number of methoxy groups -OCH3 is 1. The summed E-state index contributed by atoms with van der Waals surface area (Å²) in [7, 11) is 1.25. The molecule has 5 heterocycles. The van der Waals surface area contributed by atoms with Gasteiger partial charge in [-0.2, -0.15) is 0 Å². The van der Waals surface area contributed by atoms with Crippen molar-refractivity contribution in [2.75, 3.05) is 38.4 Å². The number of aromatic nitrogens is 6. The first-order valence-corrected chi connectivity index (χ1v) is 15.0. The van der Waals surface area contributed by atoms with E-state index in [0.717, 1.165) is 22.8 Å². The molecule has 0 radical (unpaired) electrons. The molecule has 45 heavy (non-hydrogen) atoms. The molecule has 0 saturated carbocycles. The highest BCUT2D eigenvalue weighted by molar-refractivity contribution is 7.98. The van der Waals surface area contributed by atoms with Crippen LogP contribution in [0.3, 0.4) is 0 Å². The van der Waals surface area contributed by atoms with Crippen molar-refractivity contribution in [1.29, 1.82) is 0 Å². The molecule has 2 fully saturated rings. The van der Waals surface area contributed by atoms with Crippen LogP contribution >= 0.6 is 11.8 Å². The van der Waals surface area contributed by atoms with Crippen LogP contribution in [0.1, 0.15) is 25.8 Å². The smallest absolute Gasteiger partial charge is 0.330 e. The molecule has 19 heteroatoms. The summed E-state index contributed by atoms with van der Waals surface area (Å²) in [6.45, 7) is 5.61. The molecule has 0 aromatic carbocycles. The van der Waals surface area contributed by atoms with E-state index >= 15 is 0 Å². The van der Waals surface area contributed by atoms with E-state index < -0.39 is 66.9 Å². The minimum atomic E-state index is -1.41. The van der Waals surface area contributed by atoms with Gasteiger partial charge in [0.05, 0.1) is 32.8 Å². The lowest BCUT2D eigenvalue weighted by molar-refractivity contribution is -0.0552. The molecule has 3 aromatic rings. The van der Waals surface area contributed by atoms with Crippen molar-refractivity contribution in [1.82, 2.24) is 29.1 Å². The number of nitrogens with zero attached hydrogens (tertiary/aromatic N) is 5. The maximum absolute atomic E-state index is 11.7. The van der Waals surface area contributed by atoms with Crippen LogP contribution in [0.25, 0.3) is 11.2 Å². The van der Waals surface area contributed by atoms with Crippen molar-refractivity contribution in [2.24, 2.45) is 0 Å². The lowest BCUT2D eigenvalue weighted by Gasteiger charge is -2.17. The van der Waals surface area contributed by atoms with Gasteiger partial charge in [-0.1, -0.05) is 17.3 Å². The third-order valence-electron chi connectivity index (χ3n) is 7.17. The van der Waals surface area contributed by atoms with Crippen molar-refractivity contribution in [3.05, 3.63) is 45.5 Å². The molecular weight excluding hydrogens is 618 g/mol. The first kappa shape index (κ1) is 34.5. The molecule has 2 saturated heterocycles. The van der Waals surface area contributed by atoms with E-state index in [-0.39, 0.29) is 12.4 Å². The Bertz CT molecular complexity index is 1600. The summed E-state index contributed by atoms with van der Waals surface area (Å²) in [6.07, 6.45) is -3.87. The molecule has 0 unspecified atom stereocenters. The predicted octanol–water partition coefficient (Wildman–Crippen LogP) is -2.31. The topological polar surface area (TPSA) is 260 Å². The fraction of sp³-hybridized carbons (Fsp3) is 0.577. The van der Waals surface area contributed by atoms with E-state index in [1.807, 2.05) is 18.2 Å². The molecule has 2 aliphatic rings. The standard InChI is InChI=1S/C16H23N5O4S.C10H14N2O7/c1-8(2)4-5-17-13-10-14(20-16(19-13)26-3)21(7-18-10)15-12(24)11(23)9(6-22)25-15;1-18-4-2-12(10(17)11-8(4)16)9-7(15)6(14)5(3-13)19-9/h7,9,11-12,15,22-24H,1,4-6H2,2-3H3,(H,17,19,20);2,5-7,9,13-15H,3H2,1H3,(H,11,16,17)/t9-,11-,12-,15-;5-,6-,7-,9-/m11/s1. The largest absolute Gasteiger partial charge is 0.490 e. The molecule has 0 spiro atoms. The third kappa shape index (κ3) is 7.21. The van der Waals surface area contributed by atoms with Gasteiger partial charge in [0.1, 0.15) is 36.6 Å². The number of H-pyrrole nitrogens is 1. The van der Waals surface area contributed by atoms with Gasteiger partial charge in [0.25, 0.3) is 5.56 Å². The summed E-state index contributed by atoms with van der Waals surface area (Å²) >= 11 is 1.39. The number of imidazole rings is 1. The maximum Gasteiger partial charge on any atom is 0.330 e. The maximum atomic E-state index is 11.7. The van der Waals surface area contributed by atoms with Gasteiger partial charge in [-0.25, -0.2) is 19.7 Å². The van der Waals surface area contributed by atoms with Gasteiger partial charge in [0.2, 0.25) is 5.75 Å². The molecule has 3 aromatic heterocycles. The SMILES string of the molecule is C=C(C)CCNc1nc(SC)nc2c1ncn2[C@@H]1O[C@H](CO)[C@@H](O)[C@H]1O.COc1cn([C@@H]2O[C@H](CO)[C@@H](O)[C@H]2O)c(=O)[nH]c1=O. The van der Waals surface area contributed by atoms with Crippen LogP contribution in [0.2, 0.25) is 0 Å². The average Bonchev–Trinajstić information content (AvgIpc) is 3.66. The van der Waals surface area contributed by atoms with Gasteiger partial charge < -0.3 is 50.2 Å². The van der Waals surface area contributed by atoms with Gasteiger partial charge in [-0.3, -0.25) is 18.9 Å². The van der Waals surface area contributed by atoms with Crippen LogP contribution in [-0.4, -0.2) is 129 Å². The first-order valence-electron chi connectivity index (χ1n) is 13.8. The number of anilines is 1. The minimum absolute atomic E-state index is 0.141. The lowest BCUT2D eigenvalue weighted by atomic mass is 10.1. The van der Waals surface area contributed by atoms with Crippen molar-refractivity contribution < 1.29 is 44.8 Å². The molecule has 8 atom stereocenters. The Hall–Kier alpha value is -3.40. The van der Waals surface area contributed by atoms with Crippen molar-refractivity contribution in [3.8, 4) is 5.75 Å². The zero-order valence-corrected chi connectivity index (χ0v) is 25.5. The van der Waals surface area contributed by atoms with Crippen LogP contribution in [-0.2, 0) is 9.47 Å². The number of ether oxygens (including phenoxy) is 3. The molecule has 2 aliphatic heterocycles. The van der Waals surface area contributed by atoms with E-state index in [9.17, 15) is 35.1 Å². The molecule has 248 valence electrons. The highest BCUT2D eigenvalue weighted by atomic mass is 32.2. The van der Waals surface area contributed by atoms with E-state index in [1.165, 1.54) is 25.2 Å². The fourth-order valence-corrected chi connectivity index (χ4v) is 5.07. The highest BCUT2D eigenvalue weighted by Crippen LogP contribution is 2.33. The molecule has 0 amide bonds. The number of hydrogen-bond acceptors (Lipinski definition) is 16. The summed E-state index contributed by atoms with van der Waals surface area (Å²) in [5.41, 5.74) is 0.556. The number of aliphatic hydroxyl groups excluding tert-OH is 6. The van der Waals surface area contributed by atoms with Gasteiger partial charge in [-0.05, 0) is 19.6 Å². The average molecular weight is 656 g/mol. The minimum Gasteiger partial charge on any atom is -0.490 e. The number of nitrogens with one attached hydrogen (secondary N) is 2. The highest BCUT2D eigenvalue weighted by Gasteiger charge is 2.45. The van der Waals surface area contributed by atoms with Gasteiger partial charge in [-0.15, -0.1) is 6.58 Å². The zero-order chi connectivity index (χ0) is 33.0. The van der Waals surface area contributed by atoms with E-state index in [2.05, 4.69) is 26.8 Å². The van der Waals surface area contributed by atoms with Crippen molar-refractivity contribution in [2.45, 2.75) is 67.6 Å². The van der Waals surface area contributed by atoms with Crippen LogP contribution in [0, 0.1) is 0 Å². The normalized spacial score (nSPS) is 27.8. The van der Waals surface area contributed by atoms with Gasteiger partial charge in [0.15, 0.2) is 34.6 Å².